The molecule has 0 aliphatic heterocycles. The fraction of sp³-hybridized carbons (Fsp3) is 0.909. The van der Waals surface area contributed by atoms with Crippen LogP contribution in [0.15, 0.2) is 0 Å². The van der Waals surface area contributed by atoms with Crippen LogP contribution in [0.25, 0.3) is 0 Å². The predicted molar refractivity (Wildman–Crippen MR) is 53.2 cm³/mol. The Hall–Kier alpha value is -0.330. The number of carbonyl (C=O) groups is 1. The second kappa shape index (κ2) is 7.33. The zero-order chi connectivity index (χ0) is 9.40. The minimum atomic E-state index is 0.456. The molecule has 0 saturated carbocycles. The molecule has 0 aliphatic carbocycles. The van der Waals surface area contributed by atoms with Crippen molar-refractivity contribution >= 4 is 5.78 Å². The van der Waals surface area contributed by atoms with E-state index in [9.17, 15) is 4.79 Å². The Bertz CT molecular complexity index is 118. The molecule has 1 nitrogen and oxygen atoms in total. The zero-order valence-electron chi connectivity index (χ0n) is 8.73. The Kier molecular flexibility index (Phi) is 7.12. The molecule has 0 unspecified atom stereocenters. The van der Waals surface area contributed by atoms with Crippen LogP contribution in [0.1, 0.15) is 59.3 Å². The van der Waals surface area contributed by atoms with Crippen molar-refractivity contribution in [3.63, 3.8) is 0 Å². The molecule has 0 N–H and O–H groups in total. The summed E-state index contributed by atoms with van der Waals surface area (Å²) in [5.41, 5.74) is 0. The Labute approximate surface area is 76.6 Å². The van der Waals surface area contributed by atoms with Gasteiger partial charge in [0.25, 0.3) is 0 Å². The fourth-order valence-corrected chi connectivity index (χ4v) is 1.11. The smallest absolute Gasteiger partial charge is 0.132 e. The van der Waals surface area contributed by atoms with Crippen molar-refractivity contribution in [1.29, 1.82) is 0 Å². The summed E-state index contributed by atoms with van der Waals surface area (Å²) in [5, 5.41) is 0. The molecule has 0 aromatic rings. The van der Waals surface area contributed by atoms with Crippen molar-refractivity contribution < 1.29 is 4.79 Å². The molecular formula is C11H22O. The van der Waals surface area contributed by atoms with Gasteiger partial charge in [-0.05, 0) is 18.8 Å². The van der Waals surface area contributed by atoms with Crippen molar-refractivity contribution in [2.24, 2.45) is 5.92 Å². The molecule has 0 amide bonds. The number of ketones is 1. The largest absolute Gasteiger partial charge is 0.300 e. The molecule has 72 valence electrons. The van der Waals surface area contributed by atoms with Crippen molar-refractivity contribution in [2.75, 3.05) is 0 Å². The molecule has 0 heterocycles. The highest BCUT2D eigenvalue weighted by atomic mass is 16.1. The first-order chi connectivity index (χ1) is 5.70. The van der Waals surface area contributed by atoms with E-state index in [1.807, 2.05) is 0 Å². The number of rotatable bonds is 7. The molecule has 0 bridgehead atoms. The van der Waals surface area contributed by atoms with Gasteiger partial charge in [-0.25, -0.2) is 0 Å². The minimum absolute atomic E-state index is 0.456. The van der Waals surface area contributed by atoms with E-state index >= 15 is 0 Å². The predicted octanol–water partition coefficient (Wildman–Crippen LogP) is 3.57. The standard InChI is InChI=1S/C11H22O/c1-4-6-7-11(12)9-8-10(3)5-2/h10H,4-9H2,1-3H3/t10-/m0/s1. The first kappa shape index (κ1) is 11.7. The average Bonchev–Trinajstić information content (AvgIpc) is 2.10. The summed E-state index contributed by atoms with van der Waals surface area (Å²) in [6.07, 6.45) is 6.08. The van der Waals surface area contributed by atoms with Crippen LogP contribution in [0, 0.1) is 5.92 Å². The zero-order valence-corrected chi connectivity index (χ0v) is 8.73. The summed E-state index contributed by atoms with van der Waals surface area (Å²) >= 11 is 0. The van der Waals surface area contributed by atoms with Gasteiger partial charge in [-0.1, -0.05) is 33.6 Å². The number of carbonyl (C=O) groups excluding carboxylic acids is 1. The second-order valence-electron chi connectivity index (χ2n) is 3.69. The van der Waals surface area contributed by atoms with Crippen LogP contribution >= 0.6 is 0 Å². The van der Waals surface area contributed by atoms with Crippen LogP contribution < -0.4 is 0 Å². The maximum atomic E-state index is 11.2. The van der Waals surface area contributed by atoms with E-state index in [0.29, 0.717) is 5.78 Å². The number of unbranched alkanes of at least 4 members (excludes halogenated alkanes) is 1. The van der Waals surface area contributed by atoms with Gasteiger partial charge >= 0.3 is 0 Å². The average molecular weight is 170 g/mol. The van der Waals surface area contributed by atoms with Gasteiger partial charge in [0.05, 0.1) is 0 Å². The maximum absolute atomic E-state index is 11.2. The summed E-state index contributed by atoms with van der Waals surface area (Å²) in [6.45, 7) is 6.52. The third-order valence-corrected chi connectivity index (χ3v) is 2.42. The third kappa shape index (κ3) is 6.38. The van der Waals surface area contributed by atoms with Crippen LogP contribution in [0.5, 0.6) is 0 Å². The molecule has 0 saturated heterocycles. The van der Waals surface area contributed by atoms with Crippen LogP contribution in [0.4, 0.5) is 0 Å². The molecule has 0 aromatic carbocycles. The van der Waals surface area contributed by atoms with Gasteiger partial charge in [0.1, 0.15) is 5.78 Å². The molecule has 0 aromatic heterocycles. The Balaban J connectivity index is 3.31. The highest BCUT2D eigenvalue weighted by Crippen LogP contribution is 2.11. The summed E-state index contributed by atoms with van der Waals surface area (Å²) in [5.74, 6) is 1.17. The Morgan fingerprint density at radius 2 is 1.92 bits per heavy atom. The van der Waals surface area contributed by atoms with E-state index in [1.54, 1.807) is 0 Å². The lowest BCUT2D eigenvalue weighted by atomic mass is 9.99. The highest BCUT2D eigenvalue weighted by Gasteiger charge is 2.04. The van der Waals surface area contributed by atoms with Crippen LogP contribution in [0.2, 0.25) is 0 Å². The maximum Gasteiger partial charge on any atom is 0.132 e. The molecule has 0 rings (SSSR count). The SMILES string of the molecule is CCCCC(=O)CC[C@@H](C)CC. The van der Waals surface area contributed by atoms with Crippen LogP contribution in [0.3, 0.4) is 0 Å². The lowest BCUT2D eigenvalue weighted by Crippen LogP contribution is -2.01. The van der Waals surface area contributed by atoms with E-state index in [-0.39, 0.29) is 0 Å². The number of hydrogen-bond donors (Lipinski definition) is 0. The summed E-state index contributed by atoms with van der Waals surface area (Å²) in [4.78, 5) is 11.2. The molecule has 0 fully saturated rings. The van der Waals surface area contributed by atoms with Gasteiger partial charge in [-0.2, -0.15) is 0 Å². The molecule has 0 aliphatic rings. The van der Waals surface area contributed by atoms with Crippen molar-refractivity contribution in [3.05, 3.63) is 0 Å². The van der Waals surface area contributed by atoms with Crippen molar-refractivity contribution in [2.45, 2.75) is 59.3 Å². The Morgan fingerprint density at radius 1 is 1.25 bits per heavy atom. The van der Waals surface area contributed by atoms with Gasteiger partial charge in [0.15, 0.2) is 0 Å². The van der Waals surface area contributed by atoms with Gasteiger partial charge in [0, 0.05) is 12.8 Å². The first-order valence-electron chi connectivity index (χ1n) is 5.22. The summed E-state index contributed by atoms with van der Waals surface area (Å²) in [6, 6.07) is 0. The molecule has 1 atom stereocenters. The van der Waals surface area contributed by atoms with E-state index in [4.69, 9.17) is 0 Å². The normalized spacial score (nSPS) is 12.9. The summed E-state index contributed by atoms with van der Waals surface area (Å²) < 4.78 is 0. The molecule has 1 heteroatoms. The van der Waals surface area contributed by atoms with Crippen LogP contribution in [-0.2, 0) is 4.79 Å². The molecule has 0 radical (unpaired) electrons. The topological polar surface area (TPSA) is 17.1 Å². The second-order valence-corrected chi connectivity index (χ2v) is 3.69. The third-order valence-electron chi connectivity index (χ3n) is 2.42. The lowest BCUT2D eigenvalue weighted by molar-refractivity contribution is -0.119. The van der Waals surface area contributed by atoms with Crippen molar-refractivity contribution in [3.8, 4) is 0 Å². The molecule has 0 spiro atoms. The molecular weight excluding hydrogens is 148 g/mol. The van der Waals surface area contributed by atoms with Gasteiger partial charge in [-0.3, -0.25) is 4.79 Å². The fourth-order valence-electron chi connectivity index (χ4n) is 1.11. The van der Waals surface area contributed by atoms with E-state index in [1.165, 1.54) is 6.42 Å². The first-order valence-corrected chi connectivity index (χ1v) is 5.22. The highest BCUT2D eigenvalue weighted by molar-refractivity contribution is 5.78. The van der Waals surface area contributed by atoms with Gasteiger partial charge in [-0.15, -0.1) is 0 Å². The van der Waals surface area contributed by atoms with Crippen LogP contribution in [-0.4, -0.2) is 5.78 Å². The number of Topliss-reactive ketones (excluding diaryl/α,β-unsaturated/α-hetero) is 1. The quantitative estimate of drug-likeness (QED) is 0.571. The lowest BCUT2D eigenvalue weighted by Gasteiger charge is -2.06. The summed E-state index contributed by atoms with van der Waals surface area (Å²) in [7, 11) is 0. The van der Waals surface area contributed by atoms with Gasteiger partial charge in [0.2, 0.25) is 0 Å². The van der Waals surface area contributed by atoms with Gasteiger partial charge < -0.3 is 0 Å². The van der Waals surface area contributed by atoms with Crippen molar-refractivity contribution in [1.82, 2.24) is 0 Å². The monoisotopic (exact) mass is 170 g/mol. The Morgan fingerprint density at radius 3 is 2.42 bits per heavy atom. The minimum Gasteiger partial charge on any atom is -0.300 e. The van der Waals surface area contributed by atoms with E-state index in [0.717, 1.165) is 38.0 Å². The molecule has 12 heavy (non-hydrogen) atoms. The van der Waals surface area contributed by atoms with E-state index in [2.05, 4.69) is 20.8 Å². The number of hydrogen-bond acceptors (Lipinski definition) is 1. The van der Waals surface area contributed by atoms with E-state index < -0.39 is 0 Å².